The fraction of sp³-hybridized carbons (Fsp3) is 0.875. The standard InChI is InChI=1S/C16H33NO/c1-12(2)10-16(8,9)11-17-14(13(3)4)18-15(5,6)7/h12,17H,10-11H2,1-9H3. The Balaban J connectivity index is 4.52. The Morgan fingerprint density at radius 1 is 1.06 bits per heavy atom. The number of allylic oxidation sites excluding steroid dienone is 1. The maximum atomic E-state index is 5.97. The highest BCUT2D eigenvalue weighted by molar-refractivity contribution is 5.02. The number of nitrogens with one attached hydrogen (secondary N) is 1. The van der Waals surface area contributed by atoms with E-state index in [1.165, 1.54) is 12.0 Å². The summed E-state index contributed by atoms with van der Waals surface area (Å²) in [5, 5.41) is 3.48. The Morgan fingerprint density at radius 3 is 1.89 bits per heavy atom. The van der Waals surface area contributed by atoms with Crippen molar-refractivity contribution in [1.82, 2.24) is 5.32 Å². The van der Waals surface area contributed by atoms with Crippen molar-refractivity contribution >= 4 is 0 Å². The third-order valence-electron chi connectivity index (χ3n) is 2.55. The van der Waals surface area contributed by atoms with Gasteiger partial charge in [-0.25, -0.2) is 0 Å². The van der Waals surface area contributed by atoms with Gasteiger partial charge in [-0.3, -0.25) is 0 Å². The predicted octanol–water partition coefficient (Wildman–Crippen LogP) is 4.71. The summed E-state index contributed by atoms with van der Waals surface area (Å²) >= 11 is 0. The van der Waals surface area contributed by atoms with E-state index >= 15 is 0 Å². The highest BCUT2D eigenvalue weighted by Gasteiger charge is 2.21. The second-order valence-electron chi connectivity index (χ2n) is 7.66. The van der Waals surface area contributed by atoms with E-state index in [-0.39, 0.29) is 11.0 Å². The Morgan fingerprint density at radius 2 is 1.56 bits per heavy atom. The molecule has 0 bridgehead atoms. The molecule has 1 N–H and O–H groups in total. The molecule has 0 saturated carbocycles. The first-order chi connectivity index (χ1) is 7.93. The van der Waals surface area contributed by atoms with Crippen LogP contribution in [0.1, 0.15) is 68.7 Å². The minimum absolute atomic E-state index is 0.151. The lowest BCUT2D eigenvalue weighted by Gasteiger charge is -2.31. The summed E-state index contributed by atoms with van der Waals surface area (Å²) < 4.78 is 5.97. The lowest BCUT2D eigenvalue weighted by Crippen LogP contribution is -2.34. The van der Waals surface area contributed by atoms with Crippen LogP contribution in [0.25, 0.3) is 0 Å². The van der Waals surface area contributed by atoms with Gasteiger partial charge < -0.3 is 10.1 Å². The molecule has 0 heterocycles. The maximum Gasteiger partial charge on any atom is 0.185 e. The molecule has 0 aliphatic rings. The molecule has 2 nitrogen and oxygen atoms in total. The van der Waals surface area contributed by atoms with Gasteiger partial charge in [-0.05, 0) is 57.9 Å². The third-order valence-corrected chi connectivity index (χ3v) is 2.55. The van der Waals surface area contributed by atoms with Crippen LogP contribution in [-0.2, 0) is 4.74 Å². The average molecular weight is 255 g/mol. The molecule has 2 heteroatoms. The van der Waals surface area contributed by atoms with Crippen LogP contribution >= 0.6 is 0 Å². The Bertz CT molecular complexity index is 278. The van der Waals surface area contributed by atoms with Crippen LogP contribution in [0.4, 0.5) is 0 Å². The second kappa shape index (κ2) is 6.49. The van der Waals surface area contributed by atoms with Crippen LogP contribution in [0.15, 0.2) is 11.5 Å². The van der Waals surface area contributed by atoms with Gasteiger partial charge in [-0.2, -0.15) is 0 Å². The monoisotopic (exact) mass is 255 g/mol. The normalized spacial score (nSPS) is 12.6. The zero-order valence-corrected chi connectivity index (χ0v) is 13.9. The zero-order chi connectivity index (χ0) is 14.6. The summed E-state index contributed by atoms with van der Waals surface area (Å²) in [6, 6.07) is 0. The van der Waals surface area contributed by atoms with Gasteiger partial charge in [0.2, 0.25) is 0 Å². The summed E-state index contributed by atoms with van der Waals surface area (Å²) in [4.78, 5) is 0. The van der Waals surface area contributed by atoms with E-state index in [0.29, 0.717) is 0 Å². The Kier molecular flexibility index (Phi) is 6.25. The van der Waals surface area contributed by atoms with Crippen LogP contribution in [0, 0.1) is 11.3 Å². The highest BCUT2D eigenvalue weighted by Crippen LogP contribution is 2.25. The highest BCUT2D eigenvalue weighted by atomic mass is 16.5. The van der Waals surface area contributed by atoms with Crippen molar-refractivity contribution in [2.24, 2.45) is 11.3 Å². The molecule has 0 rings (SSSR count). The summed E-state index contributed by atoms with van der Waals surface area (Å²) in [6.07, 6.45) is 1.21. The number of ether oxygens (including phenoxy) is 1. The molecular weight excluding hydrogens is 222 g/mol. The fourth-order valence-corrected chi connectivity index (χ4v) is 2.12. The zero-order valence-electron chi connectivity index (χ0n) is 13.9. The smallest absolute Gasteiger partial charge is 0.185 e. The maximum absolute atomic E-state index is 5.97. The molecule has 0 atom stereocenters. The Labute approximate surface area is 114 Å². The first-order valence-corrected chi connectivity index (χ1v) is 7.03. The second-order valence-corrected chi connectivity index (χ2v) is 7.66. The SMILES string of the molecule is CC(C)=C(NCC(C)(C)CC(C)C)OC(C)(C)C. The largest absolute Gasteiger partial charge is 0.474 e. The van der Waals surface area contributed by atoms with E-state index in [9.17, 15) is 0 Å². The van der Waals surface area contributed by atoms with Crippen molar-refractivity contribution in [2.45, 2.75) is 74.3 Å². The molecule has 0 amide bonds. The molecule has 0 aromatic carbocycles. The van der Waals surface area contributed by atoms with Gasteiger partial charge in [-0.15, -0.1) is 0 Å². The number of rotatable bonds is 6. The van der Waals surface area contributed by atoms with Gasteiger partial charge in [-0.1, -0.05) is 27.7 Å². The number of hydrogen-bond donors (Lipinski definition) is 1. The minimum Gasteiger partial charge on any atom is -0.474 e. The van der Waals surface area contributed by atoms with Crippen LogP contribution in [-0.4, -0.2) is 12.1 Å². The molecule has 0 aromatic rings. The van der Waals surface area contributed by atoms with Gasteiger partial charge in [0, 0.05) is 6.54 Å². The molecule has 0 radical (unpaired) electrons. The summed E-state index contributed by atoms with van der Waals surface area (Å²) in [6.45, 7) is 20.5. The van der Waals surface area contributed by atoms with E-state index in [0.717, 1.165) is 18.3 Å². The van der Waals surface area contributed by atoms with Gasteiger partial charge in [0.05, 0.1) is 0 Å². The van der Waals surface area contributed by atoms with Crippen LogP contribution < -0.4 is 5.32 Å². The van der Waals surface area contributed by atoms with Gasteiger partial charge >= 0.3 is 0 Å². The van der Waals surface area contributed by atoms with Crippen molar-refractivity contribution < 1.29 is 4.74 Å². The van der Waals surface area contributed by atoms with Gasteiger partial charge in [0.1, 0.15) is 5.60 Å². The molecule has 0 saturated heterocycles. The predicted molar refractivity (Wildman–Crippen MR) is 80.5 cm³/mol. The average Bonchev–Trinajstić information content (AvgIpc) is 2.07. The lowest BCUT2D eigenvalue weighted by atomic mass is 9.84. The summed E-state index contributed by atoms with van der Waals surface area (Å²) in [7, 11) is 0. The molecular formula is C16H33NO. The third kappa shape index (κ3) is 8.43. The summed E-state index contributed by atoms with van der Waals surface area (Å²) in [5.74, 6) is 1.65. The topological polar surface area (TPSA) is 21.3 Å². The minimum atomic E-state index is -0.151. The lowest BCUT2D eigenvalue weighted by molar-refractivity contribution is 0.0350. The number of hydrogen-bond acceptors (Lipinski definition) is 2. The molecule has 0 aliphatic heterocycles. The summed E-state index contributed by atoms with van der Waals surface area (Å²) in [5.41, 5.74) is 1.34. The molecule has 108 valence electrons. The molecule has 0 aliphatic carbocycles. The van der Waals surface area contributed by atoms with E-state index in [1.54, 1.807) is 0 Å². The van der Waals surface area contributed by atoms with Crippen LogP contribution in [0.5, 0.6) is 0 Å². The quantitative estimate of drug-likeness (QED) is 0.694. The van der Waals surface area contributed by atoms with Crippen molar-refractivity contribution in [2.75, 3.05) is 6.54 Å². The van der Waals surface area contributed by atoms with E-state index in [2.05, 4.69) is 67.6 Å². The first kappa shape index (κ1) is 17.3. The molecule has 0 spiro atoms. The molecule has 0 fully saturated rings. The van der Waals surface area contributed by atoms with Crippen molar-refractivity contribution in [1.29, 1.82) is 0 Å². The van der Waals surface area contributed by atoms with Crippen molar-refractivity contribution in [3.8, 4) is 0 Å². The van der Waals surface area contributed by atoms with Crippen molar-refractivity contribution in [3.63, 3.8) is 0 Å². The van der Waals surface area contributed by atoms with Crippen LogP contribution in [0.3, 0.4) is 0 Å². The van der Waals surface area contributed by atoms with E-state index in [4.69, 9.17) is 4.74 Å². The van der Waals surface area contributed by atoms with Gasteiger partial charge in [0.25, 0.3) is 0 Å². The van der Waals surface area contributed by atoms with Crippen molar-refractivity contribution in [3.05, 3.63) is 11.5 Å². The van der Waals surface area contributed by atoms with Crippen LogP contribution in [0.2, 0.25) is 0 Å². The molecule has 0 aromatic heterocycles. The van der Waals surface area contributed by atoms with E-state index < -0.39 is 0 Å². The fourth-order valence-electron chi connectivity index (χ4n) is 2.12. The molecule has 18 heavy (non-hydrogen) atoms. The van der Waals surface area contributed by atoms with E-state index in [1.807, 2.05) is 0 Å². The van der Waals surface area contributed by atoms with Gasteiger partial charge in [0.15, 0.2) is 5.88 Å². The Hall–Kier alpha value is -0.660. The molecule has 0 unspecified atom stereocenters. The first-order valence-electron chi connectivity index (χ1n) is 7.03.